The summed E-state index contributed by atoms with van der Waals surface area (Å²) in [5.41, 5.74) is 5.56. The van der Waals surface area contributed by atoms with E-state index in [1.165, 1.54) is 0 Å². The molecule has 4 nitrogen and oxygen atoms in total. The normalized spacial score (nSPS) is 19.4. The van der Waals surface area contributed by atoms with Gasteiger partial charge in [-0.25, -0.2) is 0 Å². The molecular weight excluding hydrogens is 216 g/mol. The third-order valence-corrected chi connectivity index (χ3v) is 3.52. The zero-order valence-corrected chi connectivity index (χ0v) is 11.2. The summed E-state index contributed by atoms with van der Waals surface area (Å²) in [5, 5.41) is 0. The molecule has 1 aliphatic heterocycles. The van der Waals surface area contributed by atoms with Crippen LogP contribution in [-0.4, -0.2) is 44.2 Å². The van der Waals surface area contributed by atoms with Crippen molar-refractivity contribution in [3.05, 3.63) is 0 Å². The fourth-order valence-electron chi connectivity index (χ4n) is 2.48. The van der Waals surface area contributed by atoms with Crippen molar-refractivity contribution in [2.75, 3.05) is 33.4 Å². The molecule has 0 saturated carbocycles. The highest BCUT2D eigenvalue weighted by atomic mass is 16.5. The second-order valence-corrected chi connectivity index (χ2v) is 5.17. The predicted molar refractivity (Wildman–Crippen MR) is 68.6 cm³/mol. The van der Waals surface area contributed by atoms with Crippen LogP contribution in [0.1, 0.15) is 32.6 Å². The topological polar surface area (TPSA) is 55.6 Å². The first-order valence-corrected chi connectivity index (χ1v) is 6.64. The molecule has 0 radical (unpaired) electrons. The summed E-state index contributed by atoms with van der Waals surface area (Å²) in [7, 11) is 1.68. The van der Waals surface area contributed by atoms with Crippen LogP contribution in [0, 0.1) is 11.8 Å². The molecule has 0 aromatic heterocycles. The predicted octanol–water partition coefficient (Wildman–Crippen LogP) is 1.25. The minimum atomic E-state index is 0.278. The smallest absolute Gasteiger partial charge is 0.222 e. The van der Waals surface area contributed by atoms with Gasteiger partial charge in [0.05, 0.1) is 0 Å². The highest BCUT2D eigenvalue weighted by molar-refractivity contribution is 5.76. The quantitative estimate of drug-likeness (QED) is 0.762. The van der Waals surface area contributed by atoms with Gasteiger partial charge >= 0.3 is 0 Å². The van der Waals surface area contributed by atoms with Crippen molar-refractivity contribution in [1.82, 2.24) is 4.90 Å². The number of methoxy groups -OCH3 is 1. The van der Waals surface area contributed by atoms with E-state index in [-0.39, 0.29) is 5.91 Å². The Morgan fingerprint density at radius 2 is 2.12 bits per heavy atom. The van der Waals surface area contributed by atoms with Crippen molar-refractivity contribution in [3.8, 4) is 0 Å². The number of nitrogens with zero attached hydrogens (tertiary/aromatic N) is 1. The maximum absolute atomic E-state index is 12.0. The minimum absolute atomic E-state index is 0.278. The van der Waals surface area contributed by atoms with E-state index in [0.29, 0.717) is 18.9 Å². The van der Waals surface area contributed by atoms with Crippen molar-refractivity contribution in [2.45, 2.75) is 32.6 Å². The van der Waals surface area contributed by atoms with Gasteiger partial charge in [0.2, 0.25) is 5.91 Å². The molecule has 1 rings (SSSR count). The monoisotopic (exact) mass is 242 g/mol. The van der Waals surface area contributed by atoms with Gasteiger partial charge in [-0.1, -0.05) is 6.92 Å². The lowest BCUT2D eigenvalue weighted by Crippen LogP contribution is -2.39. The molecule has 100 valence electrons. The van der Waals surface area contributed by atoms with Gasteiger partial charge in [-0.15, -0.1) is 0 Å². The molecule has 0 aliphatic carbocycles. The summed E-state index contributed by atoms with van der Waals surface area (Å²) in [6.07, 6.45) is 3.93. The number of ether oxygens (including phenoxy) is 1. The van der Waals surface area contributed by atoms with E-state index in [0.717, 1.165) is 44.8 Å². The fraction of sp³-hybridized carbons (Fsp3) is 0.923. The average Bonchev–Trinajstić information content (AvgIpc) is 2.30. The molecule has 1 fully saturated rings. The Hall–Kier alpha value is -0.610. The first-order chi connectivity index (χ1) is 8.17. The summed E-state index contributed by atoms with van der Waals surface area (Å²) < 4.78 is 5.06. The number of rotatable bonds is 6. The van der Waals surface area contributed by atoms with Gasteiger partial charge in [0.1, 0.15) is 0 Å². The minimum Gasteiger partial charge on any atom is -0.384 e. The summed E-state index contributed by atoms with van der Waals surface area (Å²) in [6.45, 7) is 5.30. The second kappa shape index (κ2) is 7.67. The van der Waals surface area contributed by atoms with E-state index in [2.05, 4.69) is 6.92 Å². The lowest BCUT2D eigenvalue weighted by atomic mass is 9.93. The molecule has 0 spiro atoms. The third kappa shape index (κ3) is 5.04. The highest BCUT2D eigenvalue weighted by Crippen LogP contribution is 2.21. The molecule has 2 N–H and O–H groups in total. The van der Waals surface area contributed by atoms with Gasteiger partial charge in [0, 0.05) is 33.2 Å². The van der Waals surface area contributed by atoms with Crippen LogP contribution in [-0.2, 0) is 9.53 Å². The molecule has 1 heterocycles. The first kappa shape index (κ1) is 14.5. The van der Waals surface area contributed by atoms with Crippen molar-refractivity contribution >= 4 is 5.91 Å². The SMILES string of the molecule is COCC(C)CC(=O)N1CCC(CCN)CC1. The van der Waals surface area contributed by atoms with Crippen molar-refractivity contribution in [2.24, 2.45) is 17.6 Å². The Morgan fingerprint density at radius 3 is 2.65 bits per heavy atom. The van der Waals surface area contributed by atoms with Crippen LogP contribution in [0.25, 0.3) is 0 Å². The van der Waals surface area contributed by atoms with E-state index in [1.54, 1.807) is 7.11 Å². The van der Waals surface area contributed by atoms with Crippen LogP contribution >= 0.6 is 0 Å². The van der Waals surface area contributed by atoms with Crippen molar-refractivity contribution in [1.29, 1.82) is 0 Å². The van der Waals surface area contributed by atoms with Gasteiger partial charge < -0.3 is 15.4 Å². The average molecular weight is 242 g/mol. The summed E-state index contributed by atoms with van der Waals surface area (Å²) in [5.74, 6) is 1.32. The van der Waals surface area contributed by atoms with Crippen LogP contribution in [0.3, 0.4) is 0 Å². The molecule has 0 aromatic carbocycles. The van der Waals surface area contributed by atoms with Gasteiger partial charge in [-0.2, -0.15) is 0 Å². The number of amides is 1. The van der Waals surface area contributed by atoms with Gasteiger partial charge in [0.15, 0.2) is 0 Å². The Bertz CT molecular complexity index is 225. The van der Waals surface area contributed by atoms with E-state index in [1.807, 2.05) is 4.90 Å². The van der Waals surface area contributed by atoms with Crippen LogP contribution in [0.5, 0.6) is 0 Å². The molecule has 1 amide bonds. The van der Waals surface area contributed by atoms with Crippen LogP contribution in [0.2, 0.25) is 0 Å². The number of hydrogen-bond donors (Lipinski definition) is 1. The standard InChI is InChI=1S/C13H26N2O2/c1-11(10-17-2)9-13(16)15-7-4-12(3-6-14)5-8-15/h11-12H,3-10,14H2,1-2H3. The molecule has 0 aromatic rings. The lowest BCUT2D eigenvalue weighted by Gasteiger charge is -2.32. The number of nitrogens with two attached hydrogens (primary N) is 1. The Labute approximate surface area is 104 Å². The maximum atomic E-state index is 12.0. The Morgan fingerprint density at radius 1 is 1.47 bits per heavy atom. The molecule has 17 heavy (non-hydrogen) atoms. The third-order valence-electron chi connectivity index (χ3n) is 3.52. The zero-order chi connectivity index (χ0) is 12.7. The number of likely N-dealkylation sites (tertiary alicyclic amines) is 1. The molecule has 1 unspecified atom stereocenters. The summed E-state index contributed by atoms with van der Waals surface area (Å²) in [6, 6.07) is 0. The molecule has 1 aliphatic rings. The molecule has 1 saturated heterocycles. The molecule has 0 bridgehead atoms. The largest absolute Gasteiger partial charge is 0.384 e. The highest BCUT2D eigenvalue weighted by Gasteiger charge is 2.23. The number of hydrogen-bond acceptors (Lipinski definition) is 3. The van der Waals surface area contributed by atoms with E-state index < -0.39 is 0 Å². The molecule has 1 atom stereocenters. The lowest BCUT2D eigenvalue weighted by molar-refractivity contribution is -0.133. The van der Waals surface area contributed by atoms with Crippen molar-refractivity contribution < 1.29 is 9.53 Å². The molecular formula is C13H26N2O2. The first-order valence-electron chi connectivity index (χ1n) is 6.64. The Kier molecular flexibility index (Phi) is 6.52. The van der Waals surface area contributed by atoms with Crippen LogP contribution in [0.15, 0.2) is 0 Å². The van der Waals surface area contributed by atoms with E-state index >= 15 is 0 Å². The van der Waals surface area contributed by atoms with Crippen LogP contribution < -0.4 is 5.73 Å². The second-order valence-electron chi connectivity index (χ2n) is 5.17. The number of carbonyl (C=O) groups excluding carboxylic acids is 1. The zero-order valence-electron chi connectivity index (χ0n) is 11.2. The molecule has 4 heteroatoms. The van der Waals surface area contributed by atoms with Gasteiger partial charge in [0.25, 0.3) is 0 Å². The Balaban J connectivity index is 2.25. The van der Waals surface area contributed by atoms with Crippen molar-refractivity contribution in [3.63, 3.8) is 0 Å². The fourth-order valence-corrected chi connectivity index (χ4v) is 2.48. The van der Waals surface area contributed by atoms with Gasteiger partial charge in [-0.05, 0) is 37.6 Å². The summed E-state index contributed by atoms with van der Waals surface area (Å²) >= 11 is 0. The van der Waals surface area contributed by atoms with Crippen LogP contribution in [0.4, 0.5) is 0 Å². The van der Waals surface area contributed by atoms with Gasteiger partial charge in [-0.3, -0.25) is 4.79 Å². The number of piperidine rings is 1. The maximum Gasteiger partial charge on any atom is 0.222 e. The van der Waals surface area contributed by atoms with E-state index in [4.69, 9.17) is 10.5 Å². The van der Waals surface area contributed by atoms with E-state index in [9.17, 15) is 4.79 Å². The summed E-state index contributed by atoms with van der Waals surface area (Å²) in [4.78, 5) is 14.0. The number of carbonyl (C=O) groups is 1.